The van der Waals surface area contributed by atoms with E-state index in [-0.39, 0.29) is 20.7 Å². The summed E-state index contributed by atoms with van der Waals surface area (Å²) < 4.78 is 27.7. The van der Waals surface area contributed by atoms with Crippen LogP contribution in [0.25, 0.3) is 10.4 Å². The second kappa shape index (κ2) is 6.63. The van der Waals surface area contributed by atoms with Crippen LogP contribution in [-0.2, 0) is 0 Å². The maximum atomic E-state index is 13.9. The van der Waals surface area contributed by atoms with Crippen molar-refractivity contribution in [3.05, 3.63) is 68.5 Å². The van der Waals surface area contributed by atoms with Crippen molar-refractivity contribution in [3.63, 3.8) is 0 Å². The lowest BCUT2D eigenvalue weighted by Gasteiger charge is -2.05. The molecule has 0 amide bonds. The molecule has 3 rings (SSSR count). The van der Waals surface area contributed by atoms with Crippen LogP contribution >= 0.6 is 34.5 Å². The SMILES string of the molecule is O=C(c1ccc(-c2cc(Cl)c(O)c(Cl)c2)s1)c1c(F)ccc(O)c1F. The molecule has 0 aliphatic heterocycles. The minimum absolute atomic E-state index is 0.0360. The first-order valence-corrected chi connectivity index (χ1v) is 8.36. The number of benzene rings is 2. The Bertz CT molecular complexity index is 979. The highest BCUT2D eigenvalue weighted by Crippen LogP contribution is 2.39. The fourth-order valence-corrected chi connectivity index (χ4v) is 3.62. The van der Waals surface area contributed by atoms with Crippen molar-refractivity contribution in [1.82, 2.24) is 0 Å². The van der Waals surface area contributed by atoms with Crippen LogP contribution in [0, 0.1) is 11.6 Å². The number of carbonyl (C=O) groups is 1. The molecule has 0 saturated heterocycles. The minimum atomic E-state index is -1.31. The lowest BCUT2D eigenvalue weighted by atomic mass is 10.1. The van der Waals surface area contributed by atoms with Crippen LogP contribution < -0.4 is 0 Å². The molecule has 8 heteroatoms. The first-order chi connectivity index (χ1) is 11.8. The highest BCUT2D eigenvalue weighted by atomic mass is 35.5. The van der Waals surface area contributed by atoms with Crippen LogP contribution in [0.3, 0.4) is 0 Å². The molecule has 0 radical (unpaired) electrons. The minimum Gasteiger partial charge on any atom is -0.505 e. The lowest BCUT2D eigenvalue weighted by Crippen LogP contribution is -2.05. The smallest absolute Gasteiger partial charge is 0.209 e. The summed E-state index contributed by atoms with van der Waals surface area (Å²) in [7, 11) is 0. The molecular weight excluding hydrogens is 393 g/mol. The number of halogens is 4. The Balaban J connectivity index is 2.03. The van der Waals surface area contributed by atoms with Gasteiger partial charge in [0.15, 0.2) is 17.3 Å². The van der Waals surface area contributed by atoms with Gasteiger partial charge >= 0.3 is 0 Å². The van der Waals surface area contributed by atoms with Crippen molar-refractivity contribution in [1.29, 1.82) is 0 Å². The van der Waals surface area contributed by atoms with E-state index in [4.69, 9.17) is 23.2 Å². The van der Waals surface area contributed by atoms with Gasteiger partial charge in [-0.3, -0.25) is 4.79 Å². The molecule has 0 aliphatic rings. The van der Waals surface area contributed by atoms with Crippen LogP contribution in [0.1, 0.15) is 15.2 Å². The summed E-state index contributed by atoms with van der Waals surface area (Å²) in [6, 6.07) is 7.54. The number of thiophene rings is 1. The fourth-order valence-electron chi connectivity index (χ4n) is 2.20. The molecule has 3 aromatic rings. The van der Waals surface area contributed by atoms with E-state index in [1.165, 1.54) is 18.2 Å². The number of rotatable bonds is 3. The van der Waals surface area contributed by atoms with E-state index >= 15 is 0 Å². The maximum absolute atomic E-state index is 13.9. The van der Waals surface area contributed by atoms with Gasteiger partial charge in [-0.05, 0) is 42.0 Å². The van der Waals surface area contributed by atoms with Gasteiger partial charge in [0.05, 0.1) is 20.5 Å². The van der Waals surface area contributed by atoms with Crippen molar-refractivity contribution in [2.24, 2.45) is 0 Å². The first kappa shape index (κ1) is 17.7. The predicted molar refractivity (Wildman–Crippen MR) is 92.9 cm³/mol. The monoisotopic (exact) mass is 400 g/mol. The van der Waals surface area contributed by atoms with Gasteiger partial charge < -0.3 is 10.2 Å². The number of carbonyl (C=O) groups excluding carboxylic acids is 1. The molecule has 1 aromatic heterocycles. The topological polar surface area (TPSA) is 57.5 Å². The van der Waals surface area contributed by atoms with Crippen LogP contribution in [-0.4, -0.2) is 16.0 Å². The van der Waals surface area contributed by atoms with E-state index in [0.717, 1.165) is 23.5 Å². The first-order valence-electron chi connectivity index (χ1n) is 6.79. The van der Waals surface area contributed by atoms with E-state index in [2.05, 4.69) is 0 Å². The Morgan fingerprint density at radius 1 is 1.00 bits per heavy atom. The molecule has 0 aliphatic carbocycles. The maximum Gasteiger partial charge on any atom is 0.209 e. The summed E-state index contributed by atoms with van der Waals surface area (Å²) in [5.41, 5.74) is -0.288. The third kappa shape index (κ3) is 3.20. The molecule has 128 valence electrons. The summed E-state index contributed by atoms with van der Waals surface area (Å²) >= 11 is 12.7. The molecule has 0 saturated carbocycles. The van der Waals surface area contributed by atoms with E-state index in [0.29, 0.717) is 10.4 Å². The molecule has 25 heavy (non-hydrogen) atoms. The largest absolute Gasteiger partial charge is 0.505 e. The lowest BCUT2D eigenvalue weighted by molar-refractivity contribution is 0.103. The van der Waals surface area contributed by atoms with Crippen LogP contribution in [0.2, 0.25) is 10.0 Å². The molecule has 1 heterocycles. The molecule has 0 atom stereocenters. The number of phenols is 2. The van der Waals surface area contributed by atoms with Crippen LogP contribution in [0.4, 0.5) is 8.78 Å². The number of hydrogen-bond acceptors (Lipinski definition) is 4. The van der Waals surface area contributed by atoms with E-state index in [1.54, 1.807) is 6.07 Å². The Hall–Kier alpha value is -2.15. The average Bonchev–Trinajstić information content (AvgIpc) is 3.06. The second-order valence-electron chi connectivity index (χ2n) is 5.04. The second-order valence-corrected chi connectivity index (χ2v) is 6.94. The molecule has 0 fully saturated rings. The van der Waals surface area contributed by atoms with Gasteiger partial charge in [0, 0.05) is 4.88 Å². The van der Waals surface area contributed by atoms with Gasteiger partial charge in [-0.25, -0.2) is 8.78 Å². The zero-order valence-electron chi connectivity index (χ0n) is 12.2. The van der Waals surface area contributed by atoms with Crippen LogP contribution in [0.15, 0.2) is 36.4 Å². The van der Waals surface area contributed by atoms with Gasteiger partial charge in [0.2, 0.25) is 5.78 Å². The van der Waals surface area contributed by atoms with Gasteiger partial charge in [-0.15, -0.1) is 11.3 Å². The highest BCUT2D eigenvalue weighted by molar-refractivity contribution is 7.17. The fraction of sp³-hybridized carbons (Fsp3) is 0. The van der Waals surface area contributed by atoms with Gasteiger partial charge in [-0.1, -0.05) is 23.2 Å². The van der Waals surface area contributed by atoms with Crippen molar-refractivity contribution >= 4 is 40.3 Å². The third-order valence-electron chi connectivity index (χ3n) is 3.43. The van der Waals surface area contributed by atoms with Gasteiger partial charge in [0.1, 0.15) is 5.82 Å². The molecule has 0 bridgehead atoms. The molecule has 2 aromatic carbocycles. The highest BCUT2D eigenvalue weighted by Gasteiger charge is 2.23. The van der Waals surface area contributed by atoms with E-state index in [9.17, 15) is 23.8 Å². The summed E-state index contributed by atoms with van der Waals surface area (Å²) in [6.07, 6.45) is 0. The number of hydrogen-bond donors (Lipinski definition) is 2. The number of aromatic hydroxyl groups is 2. The Morgan fingerprint density at radius 2 is 1.64 bits per heavy atom. The number of ketones is 1. The van der Waals surface area contributed by atoms with Gasteiger partial charge in [0.25, 0.3) is 0 Å². The predicted octanol–water partition coefficient (Wildman–Crippen LogP) is 5.64. The van der Waals surface area contributed by atoms with Gasteiger partial charge in [-0.2, -0.15) is 0 Å². The van der Waals surface area contributed by atoms with Crippen molar-refractivity contribution in [2.45, 2.75) is 0 Å². The van der Waals surface area contributed by atoms with Crippen molar-refractivity contribution in [3.8, 4) is 21.9 Å². The zero-order chi connectivity index (χ0) is 18.3. The average molecular weight is 401 g/mol. The standard InChI is InChI=1S/C17H8Cl2F2O3S/c18-8-5-7(6-9(19)16(8)23)12-3-4-13(25-12)17(24)14-10(20)1-2-11(22)15(14)21/h1-6,22-23H. The van der Waals surface area contributed by atoms with Crippen molar-refractivity contribution in [2.75, 3.05) is 0 Å². The summed E-state index contributed by atoms with van der Waals surface area (Å²) in [5.74, 6) is -4.33. The molecule has 0 spiro atoms. The van der Waals surface area contributed by atoms with Crippen LogP contribution in [0.5, 0.6) is 11.5 Å². The van der Waals surface area contributed by atoms with Crippen molar-refractivity contribution < 1.29 is 23.8 Å². The molecule has 3 nitrogen and oxygen atoms in total. The molecule has 2 N–H and O–H groups in total. The molecular formula is C17H8Cl2F2O3S. The molecule has 0 unspecified atom stereocenters. The Morgan fingerprint density at radius 3 is 2.28 bits per heavy atom. The normalized spacial score (nSPS) is 10.9. The van der Waals surface area contributed by atoms with E-state index in [1.807, 2.05) is 0 Å². The summed E-state index contributed by atoms with van der Waals surface area (Å²) in [5, 5.41) is 19.0. The summed E-state index contributed by atoms with van der Waals surface area (Å²) in [4.78, 5) is 13.0. The Kier molecular flexibility index (Phi) is 4.69. The summed E-state index contributed by atoms with van der Waals surface area (Å²) in [6.45, 7) is 0. The quantitative estimate of drug-likeness (QED) is 0.559. The number of phenolic OH excluding ortho intramolecular Hbond substituents is 2. The Labute approximate surface area is 154 Å². The van der Waals surface area contributed by atoms with E-state index < -0.39 is 28.7 Å². The zero-order valence-corrected chi connectivity index (χ0v) is 14.5. The third-order valence-corrected chi connectivity index (χ3v) is 5.14.